The van der Waals surface area contributed by atoms with Crippen molar-refractivity contribution in [1.82, 2.24) is 14.9 Å². The Bertz CT molecular complexity index is 770. The minimum absolute atomic E-state index is 0.0334. The van der Waals surface area contributed by atoms with Gasteiger partial charge in [0, 0.05) is 25.1 Å². The Morgan fingerprint density at radius 2 is 2.24 bits per heavy atom. The number of aromatic nitrogens is 2. The van der Waals surface area contributed by atoms with Gasteiger partial charge in [0.05, 0.1) is 11.6 Å². The number of nitrogens with two attached hydrogens (primary N) is 1. The van der Waals surface area contributed by atoms with Crippen LogP contribution in [0.3, 0.4) is 0 Å². The van der Waals surface area contributed by atoms with Crippen molar-refractivity contribution in [3.05, 3.63) is 22.5 Å². The van der Waals surface area contributed by atoms with Crippen LogP contribution >= 0.6 is 0 Å². The summed E-state index contributed by atoms with van der Waals surface area (Å²) in [5.74, 6) is -4.51. The molecule has 4 atom stereocenters. The third kappa shape index (κ3) is 2.39. The van der Waals surface area contributed by atoms with E-state index in [1.165, 1.54) is 0 Å². The van der Waals surface area contributed by atoms with E-state index >= 15 is 0 Å². The topological polar surface area (TPSA) is 82.2 Å². The molecule has 3 N–H and O–H groups in total. The maximum absolute atomic E-state index is 14.7. The number of nitrogens with one attached hydrogen (secondary N) is 1. The third-order valence-corrected chi connectivity index (χ3v) is 5.62. The summed E-state index contributed by atoms with van der Waals surface area (Å²) < 4.78 is 49.8. The van der Waals surface area contributed by atoms with Crippen LogP contribution in [-0.2, 0) is 4.74 Å². The first kappa shape index (κ1) is 16.8. The maximum Gasteiger partial charge on any atom is 0.350 e. The number of ether oxygens (including phenoxy) is 1. The third-order valence-electron chi connectivity index (χ3n) is 5.62. The smallest absolute Gasteiger partial charge is 0.350 e. The lowest BCUT2D eigenvalue weighted by Crippen LogP contribution is -2.36. The lowest BCUT2D eigenvalue weighted by Gasteiger charge is -2.19. The van der Waals surface area contributed by atoms with Crippen LogP contribution in [0.1, 0.15) is 45.1 Å². The number of nitrogen functional groups attached to an aromatic ring is 1. The SMILES string of the molecule is CCCCN[C@H]1CC12CC(F)(F)C1(CC1n1cc(F)c(N)nc1=O)O2. The predicted molar refractivity (Wildman–Crippen MR) is 83.9 cm³/mol. The van der Waals surface area contributed by atoms with E-state index in [0.717, 1.165) is 30.2 Å². The molecule has 1 saturated heterocycles. The van der Waals surface area contributed by atoms with E-state index in [1.807, 2.05) is 0 Å². The monoisotopic (exact) mass is 358 g/mol. The van der Waals surface area contributed by atoms with Gasteiger partial charge in [0.15, 0.2) is 17.2 Å². The number of rotatable bonds is 5. The van der Waals surface area contributed by atoms with Crippen LogP contribution in [0.5, 0.6) is 0 Å². The van der Waals surface area contributed by atoms with Crippen molar-refractivity contribution < 1.29 is 17.9 Å². The molecule has 1 aliphatic heterocycles. The average Bonchev–Trinajstić information content (AvgIpc) is 3.38. The molecular formula is C16H21F3N4O2. The van der Waals surface area contributed by atoms with Crippen LogP contribution in [0, 0.1) is 5.82 Å². The largest absolute Gasteiger partial charge is 0.381 e. The molecule has 4 rings (SSSR count). The zero-order chi connectivity index (χ0) is 18.0. The first-order valence-corrected chi connectivity index (χ1v) is 8.60. The molecule has 1 aromatic rings. The normalized spacial score (nSPS) is 37.8. The molecule has 2 heterocycles. The van der Waals surface area contributed by atoms with Crippen molar-refractivity contribution in [3.63, 3.8) is 0 Å². The number of anilines is 1. The van der Waals surface area contributed by atoms with Gasteiger partial charge >= 0.3 is 5.69 Å². The van der Waals surface area contributed by atoms with Gasteiger partial charge < -0.3 is 15.8 Å². The van der Waals surface area contributed by atoms with Gasteiger partial charge in [-0.2, -0.15) is 4.98 Å². The number of halogens is 3. The molecule has 0 amide bonds. The van der Waals surface area contributed by atoms with Crippen molar-refractivity contribution >= 4 is 5.82 Å². The predicted octanol–water partition coefficient (Wildman–Crippen LogP) is 1.60. The van der Waals surface area contributed by atoms with Gasteiger partial charge in [-0.3, -0.25) is 4.57 Å². The van der Waals surface area contributed by atoms with Crippen molar-refractivity contribution in [3.8, 4) is 0 Å². The van der Waals surface area contributed by atoms with E-state index in [1.54, 1.807) is 0 Å². The molecular weight excluding hydrogens is 337 g/mol. The summed E-state index contributed by atoms with van der Waals surface area (Å²) in [7, 11) is 0. The van der Waals surface area contributed by atoms with Crippen LogP contribution in [0.2, 0.25) is 0 Å². The molecule has 6 nitrogen and oxygen atoms in total. The van der Waals surface area contributed by atoms with Gasteiger partial charge in [0.25, 0.3) is 5.92 Å². The van der Waals surface area contributed by atoms with Gasteiger partial charge in [0.1, 0.15) is 0 Å². The molecule has 0 bridgehead atoms. The highest BCUT2D eigenvalue weighted by Gasteiger charge is 2.83. The number of hydrogen-bond acceptors (Lipinski definition) is 5. The van der Waals surface area contributed by atoms with Crippen LogP contribution in [0.15, 0.2) is 11.0 Å². The van der Waals surface area contributed by atoms with Crippen molar-refractivity contribution in [2.24, 2.45) is 0 Å². The first-order valence-electron chi connectivity index (χ1n) is 8.60. The second-order valence-corrected chi connectivity index (χ2v) is 7.39. The van der Waals surface area contributed by atoms with Gasteiger partial charge in [-0.05, 0) is 19.4 Å². The fourth-order valence-electron chi connectivity index (χ4n) is 4.04. The average molecular weight is 358 g/mol. The summed E-state index contributed by atoms with van der Waals surface area (Å²) in [4.78, 5) is 15.3. The Labute approximate surface area is 142 Å². The molecule has 3 fully saturated rings. The molecule has 1 aromatic heterocycles. The highest BCUT2D eigenvalue weighted by Crippen LogP contribution is 2.71. The van der Waals surface area contributed by atoms with Crippen LogP contribution in [0.4, 0.5) is 19.0 Å². The molecule has 2 aliphatic carbocycles. The first-order chi connectivity index (χ1) is 11.7. The number of unbranched alkanes of at least 4 members (excludes halogenated alkanes) is 1. The summed E-state index contributed by atoms with van der Waals surface area (Å²) >= 11 is 0. The molecule has 0 aromatic carbocycles. The van der Waals surface area contributed by atoms with E-state index in [2.05, 4.69) is 17.2 Å². The molecule has 25 heavy (non-hydrogen) atoms. The zero-order valence-corrected chi connectivity index (χ0v) is 13.9. The summed E-state index contributed by atoms with van der Waals surface area (Å²) in [5.41, 5.74) is 1.78. The fraction of sp³-hybridized carbons (Fsp3) is 0.750. The minimum atomic E-state index is -3.07. The van der Waals surface area contributed by atoms with Gasteiger partial charge in [0.2, 0.25) is 0 Å². The Kier molecular flexibility index (Phi) is 3.50. The molecule has 3 unspecified atom stereocenters. The van der Waals surface area contributed by atoms with Gasteiger partial charge in [-0.15, -0.1) is 0 Å². The number of alkyl halides is 2. The fourth-order valence-corrected chi connectivity index (χ4v) is 4.04. The molecule has 2 saturated carbocycles. The molecule has 3 aliphatic rings. The zero-order valence-electron chi connectivity index (χ0n) is 13.9. The lowest BCUT2D eigenvalue weighted by molar-refractivity contribution is -0.105. The Balaban J connectivity index is 1.54. The van der Waals surface area contributed by atoms with Gasteiger partial charge in [-0.25, -0.2) is 18.0 Å². The lowest BCUT2D eigenvalue weighted by atomic mass is 10.1. The van der Waals surface area contributed by atoms with Crippen LogP contribution in [-0.4, -0.2) is 39.3 Å². The Morgan fingerprint density at radius 1 is 1.48 bits per heavy atom. The second-order valence-electron chi connectivity index (χ2n) is 7.39. The second kappa shape index (κ2) is 5.20. The highest BCUT2D eigenvalue weighted by molar-refractivity contribution is 5.32. The van der Waals surface area contributed by atoms with Crippen LogP contribution < -0.4 is 16.7 Å². The van der Waals surface area contributed by atoms with Crippen molar-refractivity contribution in [2.75, 3.05) is 12.3 Å². The van der Waals surface area contributed by atoms with Crippen molar-refractivity contribution in [2.45, 2.75) is 68.2 Å². The van der Waals surface area contributed by atoms with E-state index in [-0.39, 0.29) is 18.9 Å². The molecule has 0 radical (unpaired) electrons. The number of hydrogen-bond donors (Lipinski definition) is 2. The highest BCUT2D eigenvalue weighted by atomic mass is 19.3. The Hall–Kier alpha value is -1.61. The van der Waals surface area contributed by atoms with Crippen molar-refractivity contribution in [1.29, 1.82) is 0 Å². The summed E-state index contributed by atoms with van der Waals surface area (Å²) in [6, 6.07) is -1.02. The molecule has 138 valence electrons. The standard InChI is InChI=1S/C16H21F3N4O2/c1-2-3-4-21-10-5-14(10)8-16(18,19)15(25-14)6-11(15)23-7-9(17)12(20)22-13(23)24/h7,10-11,21H,2-6,8H2,1H3,(H2,20,22,24)/t10-,11?,14?,15?/m0/s1. The van der Waals surface area contributed by atoms with E-state index in [0.29, 0.717) is 6.42 Å². The number of nitrogens with zero attached hydrogens (tertiary/aromatic N) is 2. The molecule has 2 spiro atoms. The quantitative estimate of drug-likeness (QED) is 0.782. The van der Waals surface area contributed by atoms with Gasteiger partial charge in [-0.1, -0.05) is 13.3 Å². The summed E-state index contributed by atoms with van der Waals surface area (Å²) in [6.45, 7) is 2.83. The Morgan fingerprint density at radius 3 is 2.96 bits per heavy atom. The molecule has 9 heteroatoms. The maximum atomic E-state index is 14.7. The van der Waals surface area contributed by atoms with E-state index in [9.17, 15) is 18.0 Å². The summed E-state index contributed by atoms with van der Waals surface area (Å²) in [6.07, 6.45) is 2.97. The summed E-state index contributed by atoms with van der Waals surface area (Å²) in [5, 5.41) is 3.26. The van der Waals surface area contributed by atoms with E-state index in [4.69, 9.17) is 10.5 Å². The van der Waals surface area contributed by atoms with E-state index < -0.39 is 40.5 Å². The minimum Gasteiger partial charge on any atom is -0.381 e. The van der Waals surface area contributed by atoms with Crippen LogP contribution in [0.25, 0.3) is 0 Å².